The van der Waals surface area contributed by atoms with E-state index < -0.39 is 11.6 Å². The van der Waals surface area contributed by atoms with Crippen LogP contribution in [0.1, 0.15) is 18.1 Å². The van der Waals surface area contributed by atoms with Crippen LogP contribution in [0.15, 0.2) is 23.1 Å². The molecular formula is C13H18O3S. The Morgan fingerprint density at radius 1 is 1.41 bits per heavy atom. The number of ether oxygens (including phenoxy) is 1. The van der Waals surface area contributed by atoms with Crippen molar-refractivity contribution in [3.05, 3.63) is 29.3 Å². The maximum absolute atomic E-state index is 11.3. The highest BCUT2D eigenvalue weighted by molar-refractivity contribution is 7.99. The Bertz CT molecular complexity index is 413. The van der Waals surface area contributed by atoms with Crippen molar-refractivity contribution in [2.24, 2.45) is 0 Å². The van der Waals surface area contributed by atoms with Crippen LogP contribution >= 0.6 is 11.8 Å². The second kappa shape index (κ2) is 5.56. The van der Waals surface area contributed by atoms with Crippen molar-refractivity contribution in [1.29, 1.82) is 0 Å². The largest absolute Gasteiger partial charge is 0.467 e. The number of rotatable bonds is 4. The number of hydrogen-bond acceptors (Lipinski definition) is 4. The Labute approximate surface area is 106 Å². The van der Waals surface area contributed by atoms with Crippen molar-refractivity contribution in [1.82, 2.24) is 0 Å². The van der Waals surface area contributed by atoms with E-state index in [9.17, 15) is 9.90 Å². The molecule has 1 aromatic rings. The van der Waals surface area contributed by atoms with Gasteiger partial charge in [0.2, 0.25) is 0 Å². The molecule has 1 N–H and O–H groups in total. The predicted octanol–water partition coefficient (Wildman–Crippen LogP) is 2.32. The second-order valence-corrected chi connectivity index (χ2v) is 5.35. The SMILES string of the molecule is COC(=O)C(C)(O)CSc1ccc(C)c(C)c1. The summed E-state index contributed by atoms with van der Waals surface area (Å²) in [6.07, 6.45) is 0. The standard InChI is InChI=1S/C13H18O3S/c1-9-5-6-11(7-10(9)2)17-8-13(3,15)12(14)16-4/h5-7,15H,8H2,1-4H3. The van der Waals surface area contributed by atoms with Gasteiger partial charge >= 0.3 is 5.97 Å². The maximum Gasteiger partial charge on any atom is 0.338 e. The Hall–Kier alpha value is -1.00. The number of thioether (sulfide) groups is 1. The van der Waals surface area contributed by atoms with E-state index in [4.69, 9.17) is 0 Å². The van der Waals surface area contributed by atoms with Gasteiger partial charge in [0.05, 0.1) is 7.11 Å². The Kier molecular flexibility index (Phi) is 4.60. The van der Waals surface area contributed by atoms with Crippen LogP contribution in [0.4, 0.5) is 0 Å². The molecule has 0 aromatic heterocycles. The third kappa shape index (κ3) is 3.75. The number of methoxy groups -OCH3 is 1. The number of esters is 1. The minimum atomic E-state index is -1.45. The molecule has 1 rings (SSSR count). The van der Waals surface area contributed by atoms with E-state index in [0.717, 1.165) is 4.90 Å². The molecular weight excluding hydrogens is 236 g/mol. The van der Waals surface area contributed by atoms with Crippen molar-refractivity contribution in [2.45, 2.75) is 31.3 Å². The zero-order valence-corrected chi connectivity index (χ0v) is 11.4. The van der Waals surface area contributed by atoms with Gasteiger partial charge in [0, 0.05) is 10.6 Å². The van der Waals surface area contributed by atoms with Gasteiger partial charge in [0.25, 0.3) is 0 Å². The Balaban J connectivity index is 2.67. The summed E-state index contributed by atoms with van der Waals surface area (Å²) in [5.41, 5.74) is 0.986. The van der Waals surface area contributed by atoms with Gasteiger partial charge in [-0.15, -0.1) is 11.8 Å². The summed E-state index contributed by atoms with van der Waals surface area (Å²) in [6, 6.07) is 6.07. The minimum absolute atomic E-state index is 0.280. The number of hydrogen-bond donors (Lipinski definition) is 1. The van der Waals surface area contributed by atoms with E-state index >= 15 is 0 Å². The number of carbonyl (C=O) groups is 1. The zero-order valence-electron chi connectivity index (χ0n) is 10.6. The molecule has 0 amide bonds. The van der Waals surface area contributed by atoms with Crippen molar-refractivity contribution >= 4 is 17.7 Å². The van der Waals surface area contributed by atoms with Crippen molar-refractivity contribution < 1.29 is 14.6 Å². The predicted molar refractivity (Wildman–Crippen MR) is 69.3 cm³/mol. The van der Waals surface area contributed by atoms with E-state index in [0.29, 0.717) is 0 Å². The van der Waals surface area contributed by atoms with Gasteiger partial charge in [0.15, 0.2) is 5.60 Å². The first kappa shape index (κ1) is 14.1. The molecule has 0 saturated carbocycles. The molecule has 0 radical (unpaired) electrons. The highest BCUT2D eigenvalue weighted by Gasteiger charge is 2.31. The molecule has 4 heteroatoms. The Morgan fingerprint density at radius 3 is 2.59 bits per heavy atom. The smallest absolute Gasteiger partial charge is 0.338 e. The molecule has 0 saturated heterocycles. The highest BCUT2D eigenvalue weighted by atomic mass is 32.2. The molecule has 1 aromatic carbocycles. The molecule has 3 nitrogen and oxygen atoms in total. The summed E-state index contributed by atoms with van der Waals surface area (Å²) in [7, 11) is 1.28. The molecule has 17 heavy (non-hydrogen) atoms. The molecule has 0 bridgehead atoms. The highest BCUT2D eigenvalue weighted by Crippen LogP contribution is 2.25. The van der Waals surface area contributed by atoms with E-state index in [2.05, 4.69) is 4.74 Å². The van der Waals surface area contributed by atoms with E-state index in [-0.39, 0.29) is 5.75 Å². The average Bonchev–Trinajstić information content (AvgIpc) is 2.29. The lowest BCUT2D eigenvalue weighted by atomic mass is 10.1. The van der Waals surface area contributed by atoms with Gasteiger partial charge in [-0.25, -0.2) is 4.79 Å². The van der Waals surface area contributed by atoms with E-state index in [1.165, 1.54) is 36.9 Å². The third-order valence-electron chi connectivity index (χ3n) is 2.62. The topological polar surface area (TPSA) is 46.5 Å². The van der Waals surface area contributed by atoms with E-state index in [1.807, 2.05) is 32.0 Å². The minimum Gasteiger partial charge on any atom is -0.467 e. The van der Waals surface area contributed by atoms with Gasteiger partial charge in [-0.05, 0) is 44.0 Å². The van der Waals surface area contributed by atoms with Crippen LogP contribution in [0.25, 0.3) is 0 Å². The number of aryl methyl sites for hydroxylation is 2. The van der Waals surface area contributed by atoms with Crippen LogP contribution in [0.5, 0.6) is 0 Å². The van der Waals surface area contributed by atoms with Crippen molar-refractivity contribution in [2.75, 3.05) is 12.9 Å². The lowest BCUT2D eigenvalue weighted by Gasteiger charge is -2.19. The average molecular weight is 254 g/mol. The molecule has 94 valence electrons. The lowest BCUT2D eigenvalue weighted by Crippen LogP contribution is -2.38. The fraction of sp³-hybridized carbons (Fsp3) is 0.462. The van der Waals surface area contributed by atoms with Crippen LogP contribution in [-0.4, -0.2) is 29.5 Å². The Morgan fingerprint density at radius 2 is 2.06 bits per heavy atom. The number of benzene rings is 1. The first-order valence-corrected chi connectivity index (χ1v) is 6.36. The maximum atomic E-state index is 11.3. The summed E-state index contributed by atoms with van der Waals surface area (Å²) < 4.78 is 4.54. The normalized spacial score (nSPS) is 14.2. The first-order chi connectivity index (χ1) is 7.86. The molecule has 0 aliphatic rings. The van der Waals surface area contributed by atoms with Gasteiger partial charge in [0.1, 0.15) is 0 Å². The first-order valence-electron chi connectivity index (χ1n) is 5.37. The van der Waals surface area contributed by atoms with Gasteiger partial charge in [-0.1, -0.05) is 6.07 Å². The number of aliphatic hydroxyl groups is 1. The fourth-order valence-electron chi connectivity index (χ4n) is 1.31. The molecule has 0 fully saturated rings. The molecule has 1 atom stereocenters. The number of carbonyl (C=O) groups excluding carboxylic acids is 1. The lowest BCUT2D eigenvalue weighted by molar-refractivity contribution is -0.158. The summed E-state index contributed by atoms with van der Waals surface area (Å²) >= 11 is 1.44. The van der Waals surface area contributed by atoms with Crippen LogP contribution in [0, 0.1) is 13.8 Å². The van der Waals surface area contributed by atoms with Gasteiger partial charge < -0.3 is 9.84 Å². The van der Waals surface area contributed by atoms with Gasteiger partial charge in [-0.3, -0.25) is 0 Å². The van der Waals surface area contributed by atoms with Crippen molar-refractivity contribution in [3.8, 4) is 0 Å². The monoisotopic (exact) mass is 254 g/mol. The summed E-state index contributed by atoms with van der Waals surface area (Å²) in [6.45, 7) is 5.55. The molecule has 0 heterocycles. The second-order valence-electron chi connectivity index (χ2n) is 4.30. The van der Waals surface area contributed by atoms with Gasteiger partial charge in [-0.2, -0.15) is 0 Å². The summed E-state index contributed by atoms with van der Waals surface area (Å²) in [5, 5.41) is 9.87. The third-order valence-corrected chi connectivity index (χ3v) is 3.92. The van der Waals surface area contributed by atoms with Crippen LogP contribution < -0.4 is 0 Å². The summed E-state index contributed by atoms with van der Waals surface area (Å²) in [5.74, 6) is -0.323. The fourth-order valence-corrected chi connectivity index (χ4v) is 2.30. The van der Waals surface area contributed by atoms with E-state index in [1.54, 1.807) is 0 Å². The van der Waals surface area contributed by atoms with Crippen LogP contribution in [0.3, 0.4) is 0 Å². The van der Waals surface area contributed by atoms with Crippen LogP contribution in [0.2, 0.25) is 0 Å². The molecule has 0 aliphatic carbocycles. The summed E-state index contributed by atoms with van der Waals surface area (Å²) in [4.78, 5) is 12.3. The molecule has 1 unspecified atom stereocenters. The molecule has 0 aliphatic heterocycles. The quantitative estimate of drug-likeness (QED) is 0.661. The van der Waals surface area contributed by atoms with Crippen LogP contribution in [-0.2, 0) is 9.53 Å². The van der Waals surface area contributed by atoms with Crippen molar-refractivity contribution in [3.63, 3.8) is 0 Å². The zero-order chi connectivity index (χ0) is 13.1. The molecule has 0 spiro atoms.